The maximum Gasteiger partial charge on any atom is 0.363 e. The molecule has 0 N–H and O–H groups in total. The molecule has 38 heavy (non-hydrogen) atoms. The number of hydrogen-bond donors (Lipinski definition) is 0. The summed E-state index contributed by atoms with van der Waals surface area (Å²) in [6.07, 6.45) is 11.7. The molecule has 0 saturated heterocycles. The van der Waals surface area contributed by atoms with Gasteiger partial charge in [0.15, 0.2) is 0 Å². The molecular formula is C31H36N2O4P+. The molecular weight excluding hydrogens is 495 g/mol. The molecule has 0 fully saturated rings. The van der Waals surface area contributed by atoms with E-state index in [0.717, 1.165) is 99.8 Å². The van der Waals surface area contributed by atoms with Crippen LogP contribution >= 0.6 is 7.60 Å². The van der Waals surface area contributed by atoms with Crippen LogP contribution in [0.3, 0.4) is 0 Å². The fraction of sp³-hybridized carbons (Fsp3) is 0.452. The molecule has 6 nitrogen and oxygen atoms in total. The predicted octanol–water partition coefficient (Wildman–Crippen LogP) is 4.63. The minimum absolute atomic E-state index is 0.139. The summed E-state index contributed by atoms with van der Waals surface area (Å²) in [6, 6.07) is 4.45. The summed E-state index contributed by atoms with van der Waals surface area (Å²) in [5.74, 6) is 1.71. The van der Waals surface area contributed by atoms with Crippen molar-refractivity contribution in [2.75, 3.05) is 44.3 Å². The number of fused-ring (bicyclic) bond motifs is 4. The molecule has 0 aliphatic carbocycles. The van der Waals surface area contributed by atoms with Crippen LogP contribution < -0.4 is 24.8 Å². The number of nitrogens with zero attached hydrogens (tertiary/aromatic N) is 2. The Balaban J connectivity index is 1.60. The number of ether oxygens (including phenoxy) is 1. The maximum atomic E-state index is 14.9. The molecule has 5 aliphatic heterocycles. The molecule has 7 rings (SSSR count). The summed E-state index contributed by atoms with van der Waals surface area (Å²) in [7, 11) is -3.75. The molecule has 7 heteroatoms. The van der Waals surface area contributed by atoms with Gasteiger partial charge in [-0.3, -0.25) is 4.57 Å². The van der Waals surface area contributed by atoms with Crippen molar-refractivity contribution in [3.63, 3.8) is 0 Å². The Bertz CT molecular complexity index is 1520. The molecule has 0 unspecified atom stereocenters. The van der Waals surface area contributed by atoms with Gasteiger partial charge >= 0.3 is 7.60 Å². The smallest absolute Gasteiger partial charge is 0.363 e. The minimum atomic E-state index is -3.75. The summed E-state index contributed by atoms with van der Waals surface area (Å²) in [6.45, 7) is 12.3. The topological polar surface area (TPSA) is 51.0 Å². The quantitative estimate of drug-likeness (QED) is 0.296. The van der Waals surface area contributed by atoms with Gasteiger partial charge in [-0.1, -0.05) is 12.2 Å². The Morgan fingerprint density at radius 3 is 2.34 bits per heavy atom. The highest BCUT2D eigenvalue weighted by atomic mass is 31.2. The summed E-state index contributed by atoms with van der Waals surface area (Å²) >= 11 is 0. The zero-order chi connectivity index (χ0) is 25.9. The third-order valence-corrected chi connectivity index (χ3v) is 10.7. The van der Waals surface area contributed by atoms with Gasteiger partial charge in [0.2, 0.25) is 5.36 Å². The molecule has 198 valence electrons. The summed E-state index contributed by atoms with van der Waals surface area (Å²) < 4.78 is 36.6. The van der Waals surface area contributed by atoms with Crippen molar-refractivity contribution in [1.82, 2.24) is 4.58 Å². The van der Waals surface area contributed by atoms with Crippen LogP contribution in [0.4, 0.5) is 5.69 Å². The zero-order valence-electron chi connectivity index (χ0n) is 22.1. The number of anilines is 1. The van der Waals surface area contributed by atoms with Crippen LogP contribution in [0.2, 0.25) is 0 Å². The van der Waals surface area contributed by atoms with Gasteiger partial charge in [0.1, 0.15) is 24.6 Å². The second-order valence-corrected chi connectivity index (χ2v) is 12.9. The Hall–Kier alpha value is -2.66. The zero-order valence-corrected chi connectivity index (χ0v) is 23.0. The van der Waals surface area contributed by atoms with Crippen LogP contribution in [-0.2, 0) is 39.3 Å². The van der Waals surface area contributed by atoms with E-state index >= 15 is 0 Å². The molecule has 0 bridgehead atoms. The molecule has 0 spiro atoms. The van der Waals surface area contributed by atoms with E-state index in [4.69, 9.17) is 13.8 Å². The van der Waals surface area contributed by atoms with Gasteiger partial charge in [-0.15, -0.1) is 13.2 Å². The monoisotopic (exact) mass is 531 g/mol. The predicted molar refractivity (Wildman–Crippen MR) is 151 cm³/mol. The van der Waals surface area contributed by atoms with Crippen LogP contribution in [0.15, 0.2) is 37.4 Å². The lowest BCUT2D eigenvalue weighted by Gasteiger charge is -2.39. The van der Waals surface area contributed by atoms with Crippen LogP contribution in [0.5, 0.6) is 11.5 Å². The molecule has 2 aromatic rings. The molecule has 5 heterocycles. The molecule has 0 saturated carbocycles. The van der Waals surface area contributed by atoms with E-state index in [0.29, 0.717) is 5.31 Å². The summed E-state index contributed by atoms with van der Waals surface area (Å²) in [4.78, 5) is 2.52. The van der Waals surface area contributed by atoms with Crippen molar-refractivity contribution in [3.8, 4) is 11.5 Å². The largest absolute Gasteiger partial charge is 0.455 e. The Morgan fingerprint density at radius 2 is 1.58 bits per heavy atom. The van der Waals surface area contributed by atoms with Crippen LogP contribution in [0.25, 0.3) is 5.31 Å². The van der Waals surface area contributed by atoms with Crippen LogP contribution in [0, 0.1) is 0 Å². The molecule has 0 atom stereocenters. The molecule has 0 aromatic heterocycles. The second kappa shape index (κ2) is 9.51. The number of hydrogen-bond acceptors (Lipinski definition) is 5. The first-order valence-electron chi connectivity index (χ1n) is 14.2. The van der Waals surface area contributed by atoms with E-state index in [1.807, 2.05) is 0 Å². The first-order chi connectivity index (χ1) is 18.6. The summed E-state index contributed by atoms with van der Waals surface area (Å²) in [5.41, 5.74) is 7.36. The van der Waals surface area contributed by atoms with E-state index in [1.165, 1.54) is 33.3 Å². The SMILES string of the molecule is C=CCOP(=O)(OCC=C)C1=c2cc3c4c(c2Oc2c1cc1c5c2CCCN5CCC1)CCC[N+]=4CCC3. The number of benzene rings is 2. The summed E-state index contributed by atoms with van der Waals surface area (Å²) in [5, 5.41) is 2.87. The van der Waals surface area contributed by atoms with Crippen molar-refractivity contribution in [2.24, 2.45) is 0 Å². The highest BCUT2D eigenvalue weighted by Gasteiger charge is 2.42. The first kappa shape index (κ1) is 24.4. The van der Waals surface area contributed by atoms with Crippen molar-refractivity contribution in [1.29, 1.82) is 0 Å². The van der Waals surface area contributed by atoms with Gasteiger partial charge in [-0.2, -0.15) is 0 Å². The molecule has 2 aromatic carbocycles. The van der Waals surface area contributed by atoms with Crippen molar-refractivity contribution in [3.05, 3.63) is 75.8 Å². The third-order valence-electron chi connectivity index (χ3n) is 8.66. The fourth-order valence-electron chi connectivity index (χ4n) is 7.26. The normalized spacial score (nSPS) is 19.1. The van der Waals surface area contributed by atoms with Gasteiger partial charge in [-0.25, -0.2) is 4.58 Å². The van der Waals surface area contributed by atoms with E-state index in [9.17, 15) is 4.57 Å². The lowest BCUT2D eigenvalue weighted by molar-refractivity contribution is 0.247. The average molecular weight is 532 g/mol. The fourth-order valence-corrected chi connectivity index (χ4v) is 9.12. The van der Waals surface area contributed by atoms with Gasteiger partial charge < -0.3 is 18.7 Å². The standard InChI is InChI=1S/C31H36N2O4P/c1-3-17-35-38(34,36-18-4-2)31-25-19-21-9-5-13-32-15-7-11-23(27(21)32)29(25)37-30-24-12-8-16-33-14-6-10-22(28(24)33)20-26(30)31/h3-4,19-20H,1-2,5-18H2/q+1. The molecule has 0 radical (unpaired) electrons. The lowest BCUT2D eigenvalue weighted by Crippen LogP contribution is -2.45. The highest BCUT2D eigenvalue weighted by Crippen LogP contribution is 2.63. The van der Waals surface area contributed by atoms with E-state index < -0.39 is 7.60 Å². The first-order valence-corrected chi connectivity index (χ1v) is 15.7. The van der Waals surface area contributed by atoms with E-state index in [1.54, 1.807) is 12.2 Å². The number of aryl methyl sites for hydroxylation is 2. The van der Waals surface area contributed by atoms with E-state index in [-0.39, 0.29) is 13.2 Å². The average Bonchev–Trinajstić information content (AvgIpc) is 2.95. The van der Waals surface area contributed by atoms with Gasteiger partial charge in [0.05, 0.1) is 24.1 Å². The van der Waals surface area contributed by atoms with Gasteiger partial charge in [0, 0.05) is 53.5 Å². The van der Waals surface area contributed by atoms with E-state index in [2.05, 4.69) is 34.8 Å². The van der Waals surface area contributed by atoms with Crippen LogP contribution in [-0.4, -0.2) is 39.4 Å². The molecule has 0 amide bonds. The Labute approximate surface area is 224 Å². The van der Waals surface area contributed by atoms with Crippen LogP contribution in [0.1, 0.15) is 53.5 Å². The van der Waals surface area contributed by atoms with Crippen molar-refractivity contribution >= 4 is 18.6 Å². The number of rotatable bonds is 7. The second-order valence-electron chi connectivity index (χ2n) is 11.0. The minimum Gasteiger partial charge on any atom is -0.455 e. The van der Waals surface area contributed by atoms with Gasteiger partial charge in [-0.05, 0) is 56.2 Å². The molecule has 5 aliphatic rings. The third kappa shape index (κ3) is 3.68. The highest BCUT2D eigenvalue weighted by molar-refractivity contribution is 7.65. The Morgan fingerprint density at radius 1 is 0.895 bits per heavy atom. The Kier molecular flexibility index (Phi) is 6.11. The maximum absolute atomic E-state index is 14.9. The lowest BCUT2D eigenvalue weighted by atomic mass is 9.87. The van der Waals surface area contributed by atoms with Crippen molar-refractivity contribution in [2.45, 2.75) is 51.4 Å². The van der Waals surface area contributed by atoms with Crippen molar-refractivity contribution < 1.29 is 18.3 Å². The van der Waals surface area contributed by atoms with Gasteiger partial charge in [0.25, 0.3) is 0 Å².